The molecular formula is C56H108O6. The van der Waals surface area contributed by atoms with Gasteiger partial charge in [0.05, 0.1) is 0 Å². The van der Waals surface area contributed by atoms with Crippen molar-refractivity contribution in [2.45, 2.75) is 323 Å². The Morgan fingerprint density at radius 1 is 0.323 bits per heavy atom. The first kappa shape index (κ1) is 60.4. The van der Waals surface area contributed by atoms with Crippen molar-refractivity contribution in [3.8, 4) is 0 Å². The highest BCUT2D eigenvalue weighted by Gasteiger charge is 2.19. The van der Waals surface area contributed by atoms with E-state index in [1.807, 2.05) is 0 Å². The number of unbranched alkanes of at least 4 members (excludes halogenated alkanes) is 37. The van der Waals surface area contributed by atoms with E-state index in [-0.39, 0.29) is 31.1 Å². The van der Waals surface area contributed by atoms with Crippen LogP contribution >= 0.6 is 0 Å². The van der Waals surface area contributed by atoms with Crippen LogP contribution in [0.4, 0.5) is 0 Å². The molecule has 0 saturated carbocycles. The van der Waals surface area contributed by atoms with E-state index in [1.54, 1.807) is 0 Å². The van der Waals surface area contributed by atoms with Gasteiger partial charge in [-0.05, 0) is 25.2 Å². The third-order valence-corrected chi connectivity index (χ3v) is 13.2. The lowest BCUT2D eigenvalue weighted by Gasteiger charge is -2.18. The molecule has 368 valence electrons. The summed E-state index contributed by atoms with van der Waals surface area (Å²) in [5.74, 6) is 0.0569. The Balaban J connectivity index is 4.25. The summed E-state index contributed by atoms with van der Waals surface area (Å²) >= 11 is 0. The van der Waals surface area contributed by atoms with Gasteiger partial charge in [0, 0.05) is 19.3 Å². The molecule has 0 aromatic rings. The first-order chi connectivity index (χ1) is 30.4. The first-order valence-corrected chi connectivity index (χ1v) is 27.9. The lowest BCUT2D eigenvalue weighted by molar-refractivity contribution is -0.167. The molecule has 6 nitrogen and oxygen atoms in total. The zero-order chi connectivity index (χ0) is 45.2. The minimum Gasteiger partial charge on any atom is -0.462 e. The van der Waals surface area contributed by atoms with Gasteiger partial charge in [0.1, 0.15) is 13.2 Å². The molecule has 1 unspecified atom stereocenters. The third kappa shape index (κ3) is 47.9. The molecule has 0 fully saturated rings. The first-order valence-electron chi connectivity index (χ1n) is 27.9. The molecule has 0 N–H and O–H groups in total. The summed E-state index contributed by atoms with van der Waals surface area (Å²) < 4.78 is 16.8. The smallest absolute Gasteiger partial charge is 0.306 e. The van der Waals surface area contributed by atoms with Crippen LogP contribution in [-0.2, 0) is 28.6 Å². The largest absolute Gasteiger partial charge is 0.462 e. The SMILES string of the molecule is CCCCCCCCCCCCCCCCCC(=O)OC[C@H](COC(=O)CCCCCCCCCCCCCCCCC(C)CC)OC(=O)CCCCCCCCCCCCC. The average molecular weight is 877 g/mol. The van der Waals surface area contributed by atoms with Gasteiger partial charge >= 0.3 is 17.9 Å². The summed E-state index contributed by atoms with van der Waals surface area (Å²) in [6.07, 6.45) is 53.7. The Kier molecular flexibility index (Phi) is 49.1. The molecule has 0 aliphatic rings. The van der Waals surface area contributed by atoms with Crippen LogP contribution in [0, 0.1) is 5.92 Å². The Labute approximate surface area is 387 Å². The predicted octanol–water partition coefficient (Wildman–Crippen LogP) is 18.2. The summed E-state index contributed by atoms with van der Waals surface area (Å²) in [6.45, 7) is 9.08. The number of hydrogen-bond acceptors (Lipinski definition) is 6. The fraction of sp³-hybridized carbons (Fsp3) is 0.946. The Morgan fingerprint density at radius 3 is 0.839 bits per heavy atom. The van der Waals surface area contributed by atoms with Crippen LogP contribution < -0.4 is 0 Å². The molecule has 0 rings (SSSR count). The van der Waals surface area contributed by atoms with Crippen LogP contribution in [0.15, 0.2) is 0 Å². The Morgan fingerprint density at radius 2 is 0.565 bits per heavy atom. The van der Waals surface area contributed by atoms with Crippen molar-refractivity contribution in [3.63, 3.8) is 0 Å². The number of hydrogen-bond donors (Lipinski definition) is 0. The van der Waals surface area contributed by atoms with Crippen molar-refractivity contribution in [2.24, 2.45) is 5.92 Å². The van der Waals surface area contributed by atoms with Gasteiger partial charge in [-0.25, -0.2) is 0 Å². The minimum atomic E-state index is -0.761. The van der Waals surface area contributed by atoms with Crippen LogP contribution in [-0.4, -0.2) is 37.2 Å². The molecule has 62 heavy (non-hydrogen) atoms. The summed E-state index contributed by atoms with van der Waals surface area (Å²) in [6, 6.07) is 0. The van der Waals surface area contributed by atoms with Crippen molar-refractivity contribution >= 4 is 17.9 Å². The van der Waals surface area contributed by atoms with Crippen molar-refractivity contribution in [1.82, 2.24) is 0 Å². The van der Waals surface area contributed by atoms with E-state index >= 15 is 0 Å². The van der Waals surface area contributed by atoms with Crippen molar-refractivity contribution in [2.75, 3.05) is 13.2 Å². The maximum Gasteiger partial charge on any atom is 0.306 e. The van der Waals surface area contributed by atoms with Crippen molar-refractivity contribution in [1.29, 1.82) is 0 Å². The quantitative estimate of drug-likeness (QED) is 0.0344. The third-order valence-electron chi connectivity index (χ3n) is 13.2. The second-order valence-corrected chi connectivity index (χ2v) is 19.5. The summed E-state index contributed by atoms with van der Waals surface area (Å²) in [7, 11) is 0. The summed E-state index contributed by atoms with van der Waals surface area (Å²) in [5.41, 5.74) is 0. The topological polar surface area (TPSA) is 78.9 Å². The van der Waals surface area contributed by atoms with Crippen molar-refractivity contribution < 1.29 is 28.6 Å². The molecule has 0 aliphatic heterocycles. The van der Waals surface area contributed by atoms with Crippen LogP contribution in [0.3, 0.4) is 0 Å². The molecule has 0 saturated heterocycles. The highest BCUT2D eigenvalue weighted by molar-refractivity contribution is 5.71. The molecule has 0 spiro atoms. The Hall–Kier alpha value is -1.59. The monoisotopic (exact) mass is 877 g/mol. The fourth-order valence-corrected chi connectivity index (χ4v) is 8.54. The Bertz CT molecular complexity index is 935. The van der Waals surface area contributed by atoms with E-state index in [0.29, 0.717) is 19.3 Å². The highest BCUT2D eigenvalue weighted by Crippen LogP contribution is 2.18. The maximum absolute atomic E-state index is 12.8. The van der Waals surface area contributed by atoms with Gasteiger partial charge < -0.3 is 14.2 Å². The van der Waals surface area contributed by atoms with Crippen molar-refractivity contribution in [3.05, 3.63) is 0 Å². The van der Waals surface area contributed by atoms with E-state index in [0.717, 1.165) is 63.7 Å². The normalized spacial score (nSPS) is 12.4. The fourth-order valence-electron chi connectivity index (χ4n) is 8.54. The molecule has 0 amide bonds. The van der Waals surface area contributed by atoms with Gasteiger partial charge in [-0.1, -0.05) is 278 Å². The zero-order valence-electron chi connectivity index (χ0n) is 42.3. The van der Waals surface area contributed by atoms with Gasteiger partial charge in [0.15, 0.2) is 6.10 Å². The zero-order valence-corrected chi connectivity index (χ0v) is 42.3. The van der Waals surface area contributed by atoms with Gasteiger partial charge in [-0.3, -0.25) is 14.4 Å². The van der Waals surface area contributed by atoms with Gasteiger partial charge in [-0.15, -0.1) is 0 Å². The summed E-state index contributed by atoms with van der Waals surface area (Å²) in [4.78, 5) is 38.0. The predicted molar refractivity (Wildman–Crippen MR) is 266 cm³/mol. The van der Waals surface area contributed by atoms with Crippen LogP contribution in [0.25, 0.3) is 0 Å². The van der Waals surface area contributed by atoms with Crippen LogP contribution in [0.5, 0.6) is 0 Å². The molecule has 0 aromatic carbocycles. The maximum atomic E-state index is 12.8. The number of rotatable bonds is 51. The second-order valence-electron chi connectivity index (χ2n) is 19.5. The molecular weight excluding hydrogens is 769 g/mol. The van der Waals surface area contributed by atoms with Gasteiger partial charge in [0.2, 0.25) is 0 Å². The van der Waals surface area contributed by atoms with Crippen LogP contribution in [0.2, 0.25) is 0 Å². The van der Waals surface area contributed by atoms with E-state index in [4.69, 9.17) is 14.2 Å². The molecule has 0 aromatic heterocycles. The number of esters is 3. The number of carbonyl (C=O) groups excluding carboxylic acids is 3. The molecule has 0 aliphatic carbocycles. The van der Waals surface area contributed by atoms with E-state index in [9.17, 15) is 14.4 Å². The number of carbonyl (C=O) groups is 3. The van der Waals surface area contributed by atoms with Gasteiger partial charge in [-0.2, -0.15) is 0 Å². The van der Waals surface area contributed by atoms with E-state index in [2.05, 4.69) is 27.7 Å². The molecule has 0 heterocycles. The highest BCUT2D eigenvalue weighted by atomic mass is 16.6. The van der Waals surface area contributed by atoms with Gasteiger partial charge in [0.25, 0.3) is 0 Å². The summed E-state index contributed by atoms with van der Waals surface area (Å²) in [5, 5.41) is 0. The van der Waals surface area contributed by atoms with Crippen LogP contribution in [0.1, 0.15) is 317 Å². The minimum absolute atomic E-state index is 0.0621. The van der Waals surface area contributed by atoms with E-state index in [1.165, 1.54) is 212 Å². The second kappa shape index (κ2) is 50.4. The standard InChI is InChI=1S/C56H108O6/c1-5-8-10-12-14-16-18-19-20-24-28-31-35-39-43-47-54(57)60-50-53(62-56(59)49-45-41-37-33-26-17-15-13-11-9-6-2)51-61-55(58)48-44-40-36-32-29-25-22-21-23-27-30-34-38-42-46-52(4)7-3/h52-53H,5-51H2,1-4H3/t52?,53-/m1/s1. The lowest BCUT2D eigenvalue weighted by Crippen LogP contribution is -2.30. The average Bonchev–Trinajstić information content (AvgIpc) is 3.27. The molecule has 6 heteroatoms. The lowest BCUT2D eigenvalue weighted by atomic mass is 9.99. The molecule has 0 bridgehead atoms. The molecule has 2 atom stereocenters. The van der Waals surface area contributed by atoms with E-state index < -0.39 is 6.10 Å². The molecule has 0 radical (unpaired) electrons. The number of ether oxygens (including phenoxy) is 3.